The van der Waals surface area contributed by atoms with Gasteiger partial charge in [-0.25, -0.2) is 0 Å². The molecule has 2 nitrogen and oxygen atoms in total. The van der Waals surface area contributed by atoms with Crippen molar-refractivity contribution in [3.8, 4) is 5.75 Å². The molecule has 0 fully saturated rings. The molecule has 0 heterocycles. The number of benzene rings is 1. The lowest BCUT2D eigenvalue weighted by Gasteiger charge is -2.25. The van der Waals surface area contributed by atoms with Crippen molar-refractivity contribution in [2.24, 2.45) is 0 Å². The van der Waals surface area contributed by atoms with Crippen molar-refractivity contribution < 1.29 is 4.74 Å². The maximum Gasteiger partial charge on any atom is 0.124 e. The van der Waals surface area contributed by atoms with Crippen LogP contribution in [0.3, 0.4) is 0 Å². The van der Waals surface area contributed by atoms with Gasteiger partial charge in [-0.05, 0) is 19.0 Å². The fourth-order valence-corrected chi connectivity index (χ4v) is 2.91. The van der Waals surface area contributed by atoms with Crippen molar-refractivity contribution in [1.29, 1.82) is 0 Å². The van der Waals surface area contributed by atoms with E-state index in [2.05, 4.69) is 64.2 Å². The molecule has 20 heavy (non-hydrogen) atoms. The fraction of sp³-hybridized carbons (Fsp3) is 0.647. The standard InChI is InChI=1S/C17H29NOS/c1-6-12-19-16-11-9-8-10-14(16)15(18-7-2)13-20-17(3,4)5/h8-11,15,18H,6-7,12-13H2,1-5H3. The zero-order chi connectivity index (χ0) is 15.0. The molecular formula is C17H29NOS. The molecule has 0 radical (unpaired) electrons. The molecule has 1 atom stereocenters. The average molecular weight is 295 g/mol. The minimum atomic E-state index is 0.285. The summed E-state index contributed by atoms with van der Waals surface area (Å²) >= 11 is 1.99. The highest BCUT2D eigenvalue weighted by Gasteiger charge is 2.19. The Balaban J connectivity index is 2.84. The summed E-state index contributed by atoms with van der Waals surface area (Å²) in [6.45, 7) is 12.8. The van der Waals surface area contributed by atoms with Crippen LogP contribution in [-0.4, -0.2) is 23.7 Å². The molecule has 1 unspecified atom stereocenters. The first-order valence-electron chi connectivity index (χ1n) is 7.57. The Hall–Kier alpha value is -0.670. The largest absolute Gasteiger partial charge is 0.493 e. The van der Waals surface area contributed by atoms with Crippen LogP contribution in [0.5, 0.6) is 5.75 Å². The summed E-state index contributed by atoms with van der Waals surface area (Å²) in [4.78, 5) is 0. The summed E-state index contributed by atoms with van der Waals surface area (Å²) in [5.41, 5.74) is 1.28. The molecule has 0 saturated heterocycles. The van der Waals surface area contributed by atoms with Gasteiger partial charge in [0.25, 0.3) is 0 Å². The first kappa shape index (κ1) is 17.4. The Labute approximate surface area is 128 Å². The summed E-state index contributed by atoms with van der Waals surface area (Å²) in [6.07, 6.45) is 1.04. The highest BCUT2D eigenvalue weighted by molar-refractivity contribution is 8.00. The summed E-state index contributed by atoms with van der Waals surface area (Å²) in [5, 5.41) is 3.59. The Morgan fingerprint density at radius 3 is 2.50 bits per heavy atom. The van der Waals surface area contributed by atoms with Gasteiger partial charge in [0.2, 0.25) is 0 Å². The molecule has 1 N–H and O–H groups in total. The van der Waals surface area contributed by atoms with Crippen LogP contribution in [0.15, 0.2) is 24.3 Å². The van der Waals surface area contributed by atoms with Crippen LogP contribution in [0.2, 0.25) is 0 Å². The molecule has 1 rings (SSSR count). The van der Waals surface area contributed by atoms with E-state index >= 15 is 0 Å². The van der Waals surface area contributed by atoms with Crippen molar-refractivity contribution in [3.05, 3.63) is 29.8 Å². The van der Waals surface area contributed by atoms with Gasteiger partial charge in [-0.15, -0.1) is 0 Å². The summed E-state index contributed by atoms with van der Waals surface area (Å²) in [7, 11) is 0. The van der Waals surface area contributed by atoms with Crippen molar-refractivity contribution >= 4 is 11.8 Å². The lowest BCUT2D eigenvalue weighted by molar-refractivity contribution is 0.311. The van der Waals surface area contributed by atoms with Gasteiger partial charge in [0.05, 0.1) is 6.61 Å². The lowest BCUT2D eigenvalue weighted by atomic mass is 10.1. The van der Waals surface area contributed by atoms with E-state index in [1.807, 2.05) is 11.8 Å². The van der Waals surface area contributed by atoms with E-state index in [9.17, 15) is 0 Å². The van der Waals surface area contributed by atoms with E-state index in [-0.39, 0.29) is 4.75 Å². The average Bonchev–Trinajstić information content (AvgIpc) is 2.40. The molecule has 0 aromatic heterocycles. The van der Waals surface area contributed by atoms with Gasteiger partial charge in [-0.2, -0.15) is 11.8 Å². The van der Waals surface area contributed by atoms with E-state index < -0.39 is 0 Å². The van der Waals surface area contributed by atoms with Gasteiger partial charge in [-0.3, -0.25) is 0 Å². The Bertz CT molecular complexity index is 387. The van der Waals surface area contributed by atoms with E-state index in [0.717, 1.165) is 31.1 Å². The predicted octanol–water partition coefficient (Wildman–Crippen LogP) is 4.66. The molecule has 1 aromatic rings. The van der Waals surface area contributed by atoms with Gasteiger partial charge < -0.3 is 10.1 Å². The number of nitrogens with one attached hydrogen (secondary N) is 1. The first-order chi connectivity index (χ1) is 9.48. The second-order valence-corrected chi connectivity index (χ2v) is 7.77. The second kappa shape index (κ2) is 8.58. The first-order valence-corrected chi connectivity index (χ1v) is 8.55. The van der Waals surface area contributed by atoms with Crippen molar-refractivity contribution in [3.63, 3.8) is 0 Å². The summed E-state index contributed by atoms with van der Waals surface area (Å²) in [6, 6.07) is 8.75. The van der Waals surface area contributed by atoms with Crippen LogP contribution in [0.25, 0.3) is 0 Å². The van der Waals surface area contributed by atoms with Crippen molar-refractivity contribution in [1.82, 2.24) is 5.32 Å². The lowest BCUT2D eigenvalue weighted by Crippen LogP contribution is -2.25. The third kappa shape index (κ3) is 6.19. The van der Waals surface area contributed by atoms with Crippen molar-refractivity contribution in [2.75, 3.05) is 18.9 Å². The fourth-order valence-electron chi connectivity index (χ4n) is 1.95. The maximum atomic E-state index is 5.90. The molecule has 3 heteroatoms. The molecule has 0 aliphatic heterocycles. The van der Waals surface area contributed by atoms with Crippen LogP contribution in [0, 0.1) is 0 Å². The highest BCUT2D eigenvalue weighted by atomic mass is 32.2. The monoisotopic (exact) mass is 295 g/mol. The van der Waals surface area contributed by atoms with E-state index in [0.29, 0.717) is 6.04 Å². The predicted molar refractivity (Wildman–Crippen MR) is 90.9 cm³/mol. The third-order valence-electron chi connectivity index (χ3n) is 2.89. The third-order valence-corrected chi connectivity index (χ3v) is 4.26. The molecule has 0 spiro atoms. The normalized spacial score (nSPS) is 13.2. The Morgan fingerprint density at radius 1 is 1.20 bits per heavy atom. The molecule has 0 aliphatic rings. The van der Waals surface area contributed by atoms with Crippen LogP contribution in [0.4, 0.5) is 0 Å². The van der Waals surface area contributed by atoms with Gasteiger partial charge in [0.15, 0.2) is 0 Å². The smallest absolute Gasteiger partial charge is 0.124 e. The molecule has 0 amide bonds. The highest BCUT2D eigenvalue weighted by Crippen LogP contribution is 2.32. The van der Waals surface area contributed by atoms with Gasteiger partial charge in [0, 0.05) is 22.1 Å². The van der Waals surface area contributed by atoms with E-state index in [4.69, 9.17) is 4.74 Å². The van der Waals surface area contributed by atoms with Gasteiger partial charge >= 0.3 is 0 Å². The Kier molecular flexibility index (Phi) is 7.46. The zero-order valence-corrected chi connectivity index (χ0v) is 14.3. The number of hydrogen-bond donors (Lipinski definition) is 1. The molecule has 114 valence electrons. The summed E-state index contributed by atoms with van der Waals surface area (Å²) in [5.74, 6) is 2.08. The van der Waals surface area contributed by atoms with Crippen LogP contribution < -0.4 is 10.1 Å². The van der Waals surface area contributed by atoms with Crippen molar-refractivity contribution in [2.45, 2.75) is 51.8 Å². The maximum absolute atomic E-state index is 5.90. The summed E-state index contributed by atoms with van der Waals surface area (Å²) < 4.78 is 6.18. The zero-order valence-electron chi connectivity index (χ0n) is 13.5. The SMILES string of the molecule is CCCOc1ccccc1C(CSC(C)(C)C)NCC. The number of thioether (sulfide) groups is 1. The molecular weight excluding hydrogens is 266 g/mol. The second-order valence-electron chi connectivity index (χ2n) is 5.92. The molecule has 0 aliphatic carbocycles. The van der Waals surface area contributed by atoms with Gasteiger partial charge in [0.1, 0.15) is 5.75 Å². The quantitative estimate of drug-likeness (QED) is 0.754. The minimum Gasteiger partial charge on any atom is -0.493 e. The number of rotatable bonds is 8. The van der Waals surface area contributed by atoms with Crippen LogP contribution in [-0.2, 0) is 0 Å². The Morgan fingerprint density at radius 2 is 1.90 bits per heavy atom. The van der Waals surface area contributed by atoms with Crippen LogP contribution in [0.1, 0.15) is 52.6 Å². The van der Waals surface area contributed by atoms with Crippen LogP contribution >= 0.6 is 11.8 Å². The number of para-hydroxylation sites is 1. The molecule has 1 aromatic carbocycles. The van der Waals surface area contributed by atoms with E-state index in [1.54, 1.807) is 0 Å². The molecule has 0 bridgehead atoms. The molecule has 0 saturated carbocycles. The number of hydrogen-bond acceptors (Lipinski definition) is 3. The minimum absolute atomic E-state index is 0.285. The van der Waals surface area contributed by atoms with Gasteiger partial charge in [-0.1, -0.05) is 52.8 Å². The van der Waals surface area contributed by atoms with E-state index in [1.165, 1.54) is 5.56 Å². The number of ether oxygens (including phenoxy) is 1. The topological polar surface area (TPSA) is 21.3 Å².